The van der Waals surface area contributed by atoms with Crippen LogP contribution in [0, 0.1) is 5.95 Å². The third-order valence-electron chi connectivity index (χ3n) is 7.84. The average molecular weight is 580 g/mol. The van der Waals surface area contributed by atoms with E-state index < -0.39 is 23.9 Å². The van der Waals surface area contributed by atoms with E-state index in [1.54, 1.807) is 29.1 Å². The Hall–Kier alpha value is -4.90. The van der Waals surface area contributed by atoms with Crippen molar-refractivity contribution in [3.8, 4) is 11.3 Å². The molecule has 2 aromatic carbocycles. The summed E-state index contributed by atoms with van der Waals surface area (Å²) in [5.41, 5.74) is 3.06. The average Bonchev–Trinajstić information content (AvgIpc) is 3.76. The number of rotatable bonds is 7. The maximum absolute atomic E-state index is 15.4. The van der Waals surface area contributed by atoms with E-state index >= 15 is 4.39 Å². The standard InChI is InChI=1S/C32H30FN7O3/c33-29-23(12-13-26(36-29)34-20-10-11-20)28-24(18-40(39-28)21-14-16-43-17-15-21)31(41)38-30-32(42)35-25-9-5-4-8-22(25)27(37-30)19-6-2-1-3-7-19/h1-9,12-13,18,20-21,30H,10-11,14-17H2,(H,34,36)(H,35,42)(H,38,41)/t30-/m1/s1. The number of nitrogens with zero attached hydrogens (tertiary/aromatic N) is 4. The first kappa shape index (κ1) is 27.0. The number of para-hydroxylation sites is 1. The van der Waals surface area contributed by atoms with Gasteiger partial charge in [0.15, 0.2) is 0 Å². The molecule has 0 radical (unpaired) electrons. The molecule has 2 amide bonds. The molecule has 7 rings (SSSR count). The second-order valence-corrected chi connectivity index (χ2v) is 10.9. The highest BCUT2D eigenvalue weighted by Crippen LogP contribution is 2.31. The third kappa shape index (κ3) is 5.63. The van der Waals surface area contributed by atoms with Crippen LogP contribution in [0.25, 0.3) is 11.3 Å². The van der Waals surface area contributed by atoms with E-state index in [4.69, 9.17) is 9.73 Å². The summed E-state index contributed by atoms with van der Waals surface area (Å²) in [7, 11) is 0. The van der Waals surface area contributed by atoms with E-state index in [1.165, 1.54) is 0 Å². The second kappa shape index (κ2) is 11.4. The fourth-order valence-electron chi connectivity index (χ4n) is 5.40. The van der Waals surface area contributed by atoms with Gasteiger partial charge in [-0.05, 0) is 43.9 Å². The Bertz CT molecular complexity index is 1710. The summed E-state index contributed by atoms with van der Waals surface area (Å²) in [6.45, 7) is 1.14. The third-order valence-corrected chi connectivity index (χ3v) is 7.84. The van der Waals surface area contributed by atoms with E-state index in [1.807, 2.05) is 48.5 Å². The number of ether oxygens (including phenoxy) is 1. The predicted molar refractivity (Wildman–Crippen MR) is 160 cm³/mol. The molecule has 0 bridgehead atoms. The number of carbonyl (C=O) groups is 2. The zero-order chi connectivity index (χ0) is 29.3. The molecule has 218 valence electrons. The number of aliphatic imine (C=N–C) groups is 1. The minimum Gasteiger partial charge on any atom is -0.381 e. The Morgan fingerprint density at radius 3 is 2.49 bits per heavy atom. The molecule has 1 aliphatic carbocycles. The largest absolute Gasteiger partial charge is 0.381 e. The highest BCUT2D eigenvalue weighted by molar-refractivity contribution is 6.20. The molecule has 2 fully saturated rings. The summed E-state index contributed by atoms with van der Waals surface area (Å²) < 4.78 is 22.6. The molecule has 3 N–H and O–H groups in total. The minimum atomic E-state index is -1.25. The Balaban J connectivity index is 1.25. The van der Waals surface area contributed by atoms with Crippen LogP contribution < -0.4 is 16.0 Å². The number of nitrogens with one attached hydrogen (secondary N) is 3. The number of anilines is 2. The molecule has 3 aliphatic rings. The van der Waals surface area contributed by atoms with Crippen LogP contribution in [0.15, 0.2) is 77.9 Å². The van der Waals surface area contributed by atoms with Gasteiger partial charge in [0.05, 0.1) is 28.6 Å². The molecule has 1 atom stereocenters. The van der Waals surface area contributed by atoms with Crippen LogP contribution in [0.3, 0.4) is 0 Å². The Morgan fingerprint density at radius 2 is 1.72 bits per heavy atom. The van der Waals surface area contributed by atoms with Crippen LogP contribution in [0.4, 0.5) is 15.9 Å². The highest BCUT2D eigenvalue weighted by atomic mass is 19.1. The fourth-order valence-corrected chi connectivity index (χ4v) is 5.40. The number of aromatic nitrogens is 3. The summed E-state index contributed by atoms with van der Waals surface area (Å²) in [6.07, 6.45) is 3.84. The molecule has 4 heterocycles. The van der Waals surface area contributed by atoms with Gasteiger partial charge in [0.25, 0.3) is 11.8 Å². The molecule has 1 saturated heterocycles. The van der Waals surface area contributed by atoms with Crippen molar-refractivity contribution in [2.45, 2.75) is 43.9 Å². The number of halogens is 1. The van der Waals surface area contributed by atoms with Crippen molar-refractivity contribution in [2.24, 2.45) is 4.99 Å². The van der Waals surface area contributed by atoms with Crippen LogP contribution >= 0.6 is 0 Å². The summed E-state index contributed by atoms with van der Waals surface area (Å²) in [5.74, 6) is -1.39. The first-order valence-electron chi connectivity index (χ1n) is 14.5. The molecule has 43 heavy (non-hydrogen) atoms. The minimum absolute atomic E-state index is 0.0146. The van der Waals surface area contributed by atoms with Gasteiger partial charge in [-0.15, -0.1) is 0 Å². The Labute approximate surface area is 247 Å². The van der Waals surface area contributed by atoms with Crippen LogP contribution in [0.2, 0.25) is 0 Å². The van der Waals surface area contributed by atoms with Crippen molar-refractivity contribution in [3.63, 3.8) is 0 Å². The van der Waals surface area contributed by atoms with E-state index in [2.05, 4.69) is 26.0 Å². The van der Waals surface area contributed by atoms with E-state index in [0.717, 1.165) is 24.0 Å². The van der Waals surface area contributed by atoms with Gasteiger partial charge in [-0.1, -0.05) is 48.5 Å². The van der Waals surface area contributed by atoms with Gasteiger partial charge in [-0.2, -0.15) is 9.49 Å². The van der Waals surface area contributed by atoms with Crippen molar-refractivity contribution in [2.75, 3.05) is 23.8 Å². The van der Waals surface area contributed by atoms with Crippen molar-refractivity contribution >= 4 is 29.0 Å². The number of hydrogen-bond donors (Lipinski definition) is 3. The molecular weight excluding hydrogens is 549 g/mol. The number of pyridine rings is 1. The molecular formula is C32H30FN7O3. The van der Waals surface area contributed by atoms with Gasteiger partial charge >= 0.3 is 0 Å². The van der Waals surface area contributed by atoms with Crippen molar-refractivity contribution < 1.29 is 18.7 Å². The topological polar surface area (TPSA) is 123 Å². The lowest BCUT2D eigenvalue weighted by Crippen LogP contribution is -2.42. The first-order chi connectivity index (χ1) is 21.0. The van der Waals surface area contributed by atoms with Crippen molar-refractivity contribution in [3.05, 3.63) is 95.6 Å². The van der Waals surface area contributed by atoms with Crippen LogP contribution in [0.5, 0.6) is 0 Å². The van der Waals surface area contributed by atoms with E-state index in [-0.39, 0.29) is 22.9 Å². The SMILES string of the molecule is O=C(N[C@H]1N=C(c2ccccc2)c2ccccc2NC1=O)c1cn(C2CCOCC2)nc1-c1ccc(NC2CC2)nc1F. The van der Waals surface area contributed by atoms with Crippen LogP contribution in [-0.4, -0.2) is 57.7 Å². The van der Waals surface area contributed by atoms with Gasteiger partial charge in [0, 0.05) is 36.6 Å². The monoisotopic (exact) mass is 579 g/mol. The van der Waals surface area contributed by atoms with E-state index in [0.29, 0.717) is 49.3 Å². The summed E-state index contributed by atoms with van der Waals surface area (Å²) >= 11 is 0. The molecule has 2 aliphatic heterocycles. The van der Waals surface area contributed by atoms with Crippen molar-refractivity contribution in [1.82, 2.24) is 20.1 Å². The molecule has 4 aromatic rings. The van der Waals surface area contributed by atoms with Gasteiger partial charge in [-0.3, -0.25) is 14.3 Å². The smallest absolute Gasteiger partial charge is 0.269 e. The number of benzodiazepines with no additional fused rings is 1. The molecule has 0 unspecified atom stereocenters. The molecule has 11 heteroatoms. The Morgan fingerprint density at radius 1 is 0.953 bits per heavy atom. The lowest BCUT2D eigenvalue weighted by molar-refractivity contribution is -0.117. The van der Waals surface area contributed by atoms with Gasteiger partial charge in [-0.25, -0.2) is 9.98 Å². The zero-order valence-electron chi connectivity index (χ0n) is 23.3. The van der Waals surface area contributed by atoms with Gasteiger partial charge in [0.2, 0.25) is 12.1 Å². The second-order valence-electron chi connectivity index (χ2n) is 10.9. The summed E-state index contributed by atoms with van der Waals surface area (Å²) in [5, 5.41) is 13.5. The molecule has 1 saturated carbocycles. The normalized spacial score (nSPS) is 18.7. The number of benzene rings is 2. The van der Waals surface area contributed by atoms with E-state index in [9.17, 15) is 9.59 Å². The van der Waals surface area contributed by atoms with Gasteiger partial charge in [0.1, 0.15) is 11.5 Å². The number of hydrogen-bond acceptors (Lipinski definition) is 7. The number of amides is 2. The lowest BCUT2D eigenvalue weighted by atomic mass is 10.0. The predicted octanol–water partition coefficient (Wildman–Crippen LogP) is 4.56. The molecule has 0 spiro atoms. The quantitative estimate of drug-likeness (QED) is 0.276. The lowest BCUT2D eigenvalue weighted by Gasteiger charge is -2.22. The summed E-state index contributed by atoms with van der Waals surface area (Å²) in [6, 6.07) is 20.4. The Kier molecular flexibility index (Phi) is 7.15. The van der Waals surface area contributed by atoms with Crippen LogP contribution in [-0.2, 0) is 9.53 Å². The fraction of sp³-hybridized carbons (Fsp3) is 0.281. The zero-order valence-corrected chi connectivity index (χ0v) is 23.3. The van der Waals surface area contributed by atoms with Crippen molar-refractivity contribution in [1.29, 1.82) is 0 Å². The number of carbonyl (C=O) groups excluding carboxylic acids is 2. The molecule has 2 aromatic heterocycles. The maximum Gasteiger partial charge on any atom is 0.269 e. The van der Waals surface area contributed by atoms with Gasteiger partial charge < -0.3 is 20.7 Å². The maximum atomic E-state index is 15.4. The molecule has 10 nitrogen and oxygen atoms in total. The highest BCUT2D eigenvalue weighted by Gasteiger charge is 2.31. The van der Waals surface area contributed by atoms with Crippen LogP contribution in [0.1, 0.15) is 53.2 Å². The number of fused-ring (bicyclic) bond motifs is 1. The first-order valence-corrected chi connectivity index (χ1v) is 14.5. The summed E-state index contributed by atoms with van der Waals surface area (Å²) in [4.78, 5) is 36.1.